The summed E-state index contributed by atoms with van der Waals surface area (Å²) in [5.74, 6) is -4.82. The first kappa shape index (κ1) is 89.3. The van der Waals surface area contributed by atoms with Crippen molar-refractivity contribution in [1.82, 2.24) is 40.9 Å². The van der Waals surface area contributed by atoms with Gasteiger partial charge < -0.3 is 50.0 Å². The molecular formula is C108H100N8O14. The number of hydrogen-bond donors (Lipinski definition) is 4. The van der Waals surface area contributed by atoms with Crippen LogP contribution in [0.2, 0.25) is 0 Å². The number of hydrogen-bond acceptors (Lipinski definition) is 14. The SMILES string of the molecule is C=C(C)C(=O)NCCc1ccc(Oc2cc3c4c(cc(Oc5ccc(CCNC(=O)C(=C)C)cc5)c5c6c(Oc7ccc(CCNC(=O)C(=C)C)cc7)cc7c8c(cc(Oc9ccc(CCNC(=O)C(=C)C)cc9)c(c2c45)c86)C(=O)N(C(Cc2ccccc2)C(=O)N(CC)Cc2ccccc2)C7=O)C(=O)N(C(Cc2ccccc2)C(=O)N(CC)Cc2ccccc2)C3=O)cc1. The number of rotatable bonds is 38. The number of fused-ring (bicyclic) bond motifs is 2. The molecule has 0 bridgehead atoms. The number of ether oxygens (including phenoxy) is 4. The maximum Gasteiger partial charge on any atom is 0.262 e. The first-order valence-corrected chi connectivity index (χ1v) is 43.5. The van der Waals surface area contributed by atoms with E-state index in [4.69, 9.17) is 18.9 Å². The second-order valence-electron chi connectivity index (χ2n) is 32.9. The van der Waals surface area contributed by atoms with Crippen molar-refractivity contribution >= 4 is 102 Å². The van der Waals surface area contributed by atoms with Gasteiger partial charge in [0.1, 0.15) is 58.1 Å². The highest BCUT2D eigenvalue weighted by Crippen LogP contribution is 2.58. The second kappa shape index (κ2) is 39.5. The van der Waals surface area contributed by atoms with E-state index in [0.717, 1.165) is 43.2 Å². The molecule has 10 amide bonds. The average Bonchev–Trinajstić information content (AvgIpc) is 0.668. The second-order valence-corrected chi connectivity index (χ2v) is 32.9. The van der Waals surface area contributed by atoms with E-state index in [9.17, 15) is 19.2 Å². The summed E-state index contributed by atoms with van der Waals surface area (Å²) in [6, 6.07) is 69.0. The molecule has 13 aromatic rings. The number of amides is 10. The van der Waals surface area contributed by atoms with Gasteiger partial charge in [0.05, 0.1) is 22.3 Å². The Morgan fingerprint density at radius 2 is 0.523 bits per heavy atom. The van der Waals surface area contributed by atoms with Crippen LogP contribution in [0.25, 0.3) is 43.1 Å². The Kier molecular flexibility index (Phi) is 27.1. The number of imide groups is 2. The van der Waals surface area contributed by atoms with Crippen LogP contribution in [-0.2, 0) is 80.4 Å². The third-order valence-corrected chi connectivity index (χ3v) is 23.5. The van der Waals surface area contributed by atoms with Gasteiger partial charge >= 0.3 is 0 Å². The van der Waals surface area contributed by atoms with Crippen LogP contribution in [0.15, 0.2) is 291 Å². The Labute approximate surface area is 754 Å². The molecule has 0 aliphatic carbocycles. The monoisotopic (exact) mass is 1730 g/mol. The molecule has 2 atom stereocenters. The number of carbonyl (C=O) groups excluding carboxylic acids is 10. The molecule has 15 rings (SSSR count). The van der Waals surface area contributed by atoms with Gasteiger partial charge in [0.25, 0.3) is 23.6 Å². The van der Waals surface area contributed by atoms with Gasteiger partial charge in [-0.25, -0.2) is 0 Å². The number of nitrogens with one attached hydrogen (secondary N) is 4. The average molecular weight is 1730 g/mol. The van der Waals surface area contributed by atoms with Crippen molar-refractivity contribution in [2.45, 2.75) is 105 Å². The van der Waals surface area contributed by atoms with Crippen molar-refractivity contribution in [3.63, 3.8) is 0 Å². The zero-order valence-electron chi connectivity index (χ0n) is 73.5. The Morgan fingerprint density at radius 3 is 0.738 bits per heavy atom. The fraction of sp³-hybridized carbons (Fsp3) is 0.204. The van der Waals surface area contributed by atoms with Crippen molar-refractivity contribution in [2.75, 3.05) is 39.3 Å². The molecule has 22 heteroatoms. The van der Waals surface area contributed by atoms with Gasteiger partial charge in [0.2, 0.25) is 35.4 Å². The highest BCUT2D eigenvalue weighted by atomic mass is 16.5. The summed E-state index contributed by atoms with van der Waals surface area (Å²) in [6.45, 7) is 27.1. The number of carbonyl (C=O) groups is 10. The molecule has 0 spiro atoms. The largest absolute Gasteiger partial charge is 0.457 e. The van der Waals surface area contributed by atoms with E-state index >= 15 is 28.8 Å². The van der Waals surface area contributed by atoms with Gasteiger partial charge in [-0.15, -0.1) is 0 Å². The van der Waals surface area contributed by atoms with Crippen LogP contribution in [0.3, 0.4) is 0 Å². The van der Waals surface area contributed by atoms with Crippen LogP contribution >= 0.6 is 0 Å². The molecule has 2 aliphatic heterocycles. The molecule has 13 aromatic carbocycles. The molecule has 0 fully saturated rings. The maximum absolute atomic E-state index is 17.1. The zero-order valence-corrected chi connectivity index (χ0v) is 73.5. The topological polar surface area (TPSA) is 269 Å². The minimum atomic E-state index is -1.48. The van der Waals surface area contributed by atoms with Crippen LogP contribution in [0.4, 0.5) is 0 Å². The molecule has 2 heterocycles. The Bertz CT molecular complexity index is 5940. The predicted molar refractivity (Wildman–Crippen MR) is 504 cm³/mol. The summed E-state index contributed by atoms with van der Waals surface area (Å²) in [5.41, 5.74) is 7.22. The van der Waals surface area contributed by atoms with Crippen molar-refractivity contribution in [1.29, 1.82) is 0 Å². The third-order valence-electron chi connectivity index (χ3n) is 23.5. The summed E-state index contributed by atoms with van der Waals surface area (Å²) in [5, 5.41) is 12.9. The first-order chi connectivity index (χ1) is 62.8. The Balaban J connectivity index is 1.05. The predicted octanol–water partition coefficient (Wildman–Crippen LogP) is 18.4. The Hall–Kier alpha value is -15.6. The van der Waals surface area contributed by atoms with E-state index in [1.165, 1.54) is 0 Å². The molecular weight excluding hydrogens is 1630 g/mol. The zero-order chi connectivity index (χ0) is 91.6. The summed E-state index contributed by atoms with van der Waals surface area (Å²) >= 11 is 0. The quantitative estimate of drug-likeness (QED) is 0.0121. The standard InChI is InChI=1S/C108H100N8O14/c1-11-113(63-75-29-21-15-22-30-75)107(125)85(57-73-25-17-13-18-26-73)115-103(121)81-59-87(127-77-41-33-69(34-42-77)49-53-109-99(117)65(3)4)93-95-89(129-79-45-37-71(38-46-79)51-55-111-101(119)67(7)8)61-83-92-84(106(124)116(105(83)123)86(58-74-27-19-14-20-28-74)108(126)114(12-2)64-76-31-23-16-24-32-76)62-90(130-80-47-39-72(40-48-80)52-56-112-102(120)68(9)10)96(98(92)95)94-88(60-82(104(115)122)91(81)97(93)94)128-78-43-35-70(36-44-78)50-54-110-100(118)66(5)6/h13-48,59-62,85-86H,3,5,7,9,11-12,49-58,63-64H2,1-2,4,6,8,10H3,(H,109,117)(H,110,118)(H,111,119)(H,112,120). The van der Waals surface area contributed by atoms with Gasteiger partial charge in [-0.3, -0.25) is 57.7 Å². The lowest BCUT2D eigenvalue weighted by atomic mass is 9.80. The summed E-state index contributed by atoms with van der Waals surface area (Å²) in [4.78, 5) is 157. The van der Waals surface area contributed by atoms with Crippen molar-refractivity contribution < 1.29 is 66.9 Å². The minimum absolute atomic E-state index is 0.0215. The molecule has 4 N–H and O–H groups in total. The van der Waals surface area contributed by atoms with E-state index in [1.807, 2.05) is 184 Å². The summed E-state index contributed by atoms with van der Waals surface area (Å²) < 4.78 is 29.8. The van der Waals surface area contributed by atoms with Crippen LogP contribution in [-0.4, -0.2) is 130 Å². The molecule has 22 nitrogen and oxygen atoms in total. The van der Waals surface area contributed by atoms with E-state index in [1.54, 1.807) is 110 Å². The third kappa shape index (κ3) is 19.4. The van der Waals surface area contributed by atoms with Crippen LogP contribution in [0, 0.1) is 0 Å². The lowest BCUT2D eigenvalue weighted by Gasteiger charge is -2.37. The van der Waals surface area contributed by atoms with Gasteiger partial charge in [-0.1, -0.05) is 196 Å². The van der Waals surface area contributed by atoms with Gasteiger partial charge in [0.15, 0.2) is 0 Å². The highest BCUT2D eigenvalue weighted by molar-refractivity contribution is 6.45. The number of nitrogens with zero attached hydrogens (tertiary/aromatic N) is 4. The van der Waals surface area contributed by atoms with Crippen LogP contribution in [0.1, 0.15) is 127 Å². The molecule has 2 unspecified atom stereocenters. The molecule has 0 saturated heterocycles. The lowest BCUT2D eigenvalue weighted by molar-refractivity contribution is -0.136. The number of benzene rings is 13. The van der Waals surface area contributed by atoms with E-state index in [0.29, 0.717) is 59.1 Å². The molecule has 656 valence electrons. The molecule has 2 aliphatic rings. The minimum Gasteiger partial charge on any atom is -0.457 e. The van der Waals surface area contributed by atoms with E-state index < -0.39 is 47.5 Å². The Morgan fingerprint density at radius 1 is 0.300 bits per heavy atom. The molecule has 0 saturated carbocycles. The maximum atomic E-state index is 17.1. The highest BCUT2D eigenvalue weighted by Gasteiger charge is 2.48. The normalized spacial score (nSPS) is 12.6. The summed E-state index contributed by atoms with van der Waals surface area (Å²) in [7, 11) is 0. The summed E-state index contributed by atoms with van der Waals surface area (Å²) in [6.07, 6.45) is 1.38. The van der Waals surface area contributed by atoms with Crippen molar-refractivity contribution in [2.24, 2.45) is 0 Å². The van der Waals surface area contributed by atoms with Gasteiger partial charge in [-0.05, 0) is 185 Å². The van der Waals surface area contributed by atoms with Crippen LogP contribution < -0.4 is 40.2 Å². The smallest absolute Gasteiger partial charge is 0.262 e. The molecule has 0 radical (unpaired) electrons. The van der Waals surface area contributed by atoms with Gasteiger partial charge in [-0.2, -0.15) is 0 Å². The molecule has 0 aromatic heterocycles. The van der Waals surface area contributed by atoms with Crippen molar-refractivity contribution in [3.05, 3.63) is 358 Å². The fourth-order valence-electron chi connectivity index (χ4n) is 16.7. The molecule has 130 heavy (non-hydrogen) atoms. The first-order valence-electron chi connectivity index (χ1n) is 43.5. The number of likely N-dealkylation sites (N-methyl/N-ethyl adjacent to an activating group) is 2. The van der Waals surface area contributed by atoms with Crippen molar-refractivity contribution in [3.8, 4) is 46.0 Å². The fourth-order valence-corrected chi connectivity index (χ4v) is 16.7. The van der Waals surface area contributed by atoms with E-state index in [2.05, 4.69) is 47.6 Å². The van der Waals surface area contributed by atoms with Crippen LogP contribution in [0.5, 0.6) is 46.0 Å². The van der Waals surface area contributed by atoms with E-state index in [-0.39, 0.29) is 200 Å². The lowest BCUT2D eigenvalue weighted by Crippen LogP contribution is -2.55. The van der Waals surface area contributed by atoms with Gasteiger partial charge in [0, 0.05) is 131 Å².